The minimum Gasteiger partial charge on any atom is -0.372 e. The molecule has 0 aliphatic carbocycles. The molecule has 1 amide bonds. The lowest BCUT2D eigenvalue weighted by Crippen LogP contribution is -2.52. The zero-order valence-corrected chi connectivity index (χ0v) is 10.3. The van der Waals surface area contributed by atoms with Crippen LogP contribution in [0.3, 0.4) is 0 Å². The molecule has 90 valence electrons. The Kier molecular flexibility index (Phi) is 7.74. The number of carbonyl (C=O) groups is 1. The standard InChI is InChI=1S/C10H20N2O2.ClH/c1-3-6-14-8-10(13)12-5-4-11-9(2)7-12;/h9,11H,3-8H2,1-2H3;1H/t9-;/m0./s1. The van der Waals surface area contributed by atoms with Crippen molar-refractivity contribution in [3.63, 3.8) is 0 Å². The Labute approximate surface area is 97.8 Å². The van der Waals surface area contributed by atoms with E-state index in [1.165, 1.54) is 0 Å². The number of hydrogen-bond donors (Lipinski definition) is 1. The third kappa shape index (κ3) is 5.35. The van der Waals surface area contributed by atoms with Crippen molar-refractivity contribution >= 4 is 18.3 Å². The Bertz CT molecular complexity index is 190. The van der Waals surface area contributed by atoms with Crippen LogP contribution in [-0.2, 0) is 9.53 Å². The van der Waals surface area contributed by atoms with Crippen LogP contribution in [0.15, 0.2) is 0 Å². The molecule has 15 heavy (non-hydrogen) atoms. The van der Waals surface area contributed by atoms with Gasteiger partial charge in [-0.15, -0.1) is 12.4 Å². The van der Waals surface area contributed by atoms with Crippen LogP contribution in [0.1, 0.15) is 20.3 Å². The second-order valence-corrected chi connectivity index (χ2v) is 3.75. The third-order valence-corrected chi connectivity index (χ3v) is 2.30. The van der Waals surface area contributed by atoms with Gasteiger partial charge in [0.1, 0.15) is 6.61 Å². The molecule has 1 atom stereocenters. The summed E-state index contributed by atoms with van der Waals surface area (Å²) in [5.74, 6) is 0.117. The molecule has 0 aromatic carbocycles. The van der Waals surface area contributed by atoms with Gasteiger partial charge in [0.15, 0.2) is 0 Å². The number of nitrogens with zero attached hydrogens (tertiary/aromatic N) is 1. The molecule has 1 aliphatic rings. The van der Waals surface area contributed by atoms with Gasteiger partial charge in [0, 0.05) is 32.3 Å². The van der Waals surface area contributed by atoms with Crippen LogP contribution in [0.2, 0.25) is 0 Å². The van der Waals surface area contributed by atoms with Gasteiger partial charge in [0.25, 0.3) is 0 Å². The van der Waals surface area contributed by atoms with Crippen LogP contribution in [0.5, 0.6) is 0 Å². The topological polar surface area (TPSA) is 41.6 Å². The molecule has 0 bridgehead atoms. The summed E-state index contributed by atoms with van der Waals surface area (Å²) in [6, 6.07) is 0.402. The van der Waals surface area contributed by atoms with Gasteiger partial charge in [-0.1, -0.05) is 6.92 Å². The number of carbonyl (C=O) groups excluding carboxylic acids is 1. The maximum atomic E-state index is 11.6. The molecule has 0 spiro atoms. The van der Waals surface area contributed by atoms with Crippen molar-refractivity contribution in [1.82, 2.24) is 10.2 Å². The first-order valence-corrected chi connectivity index (χ1v) is 5.33. The van der Waals surface area contributed by atoms with E-state index in [2.05, 4.69) is 12.2 Å². The molecule has 1 rings (SSSR count). The van der Waals surface area contributed by atoms with Crippen molar-refractivity contribution in [2.24, 2.45) is 0 Å². The highest BCUT2D eigenvalue weighted by atomic mass is 35.5. The predicted octanol–water partition coefficient (Wildman–Crippen LogP) is 0.655. The summed E-state index contributed by atoms with van der Waals surface area (Å²) in [6.07, 6.45) is 0.964. The first-order chi connectivity index (χ1) is 6.74. The molecule has 0 aromatic heterocycles. The number of amides is 1. The van der Waals surface area contributed by atoms with Crippen LogP contribution in [0, 0.1) is 0 Å². The molecule has 5 heteroatoms. The molecule has 1 heterocycles. The molecule has 0 radical (unpaired) electrons. The number of nitrogens with one attached hydrogen (secondary N) is 1. The molecule has 4 nitrogen and oxygen atoms in total. The van der Waals surface area contributed by atoms with Gasteiger partial charge < -0.3 is 15.0 Å². The van der Waals surface area contributed by atoms with E-state index in [0.29, 0.717) is 12.6 Å². The Morgan fingerprint density at radius 3 is 2.93 bits per heavy atom. The Balaban J connectivity index is 0.00000196. The highest BCUT2D eigenvalue weighted by Crippen LogP contribution is 1.99. The number of halogens is 1. The van der Waals surface area contributed by atoms with Crippen LogP contribution in [0.25, 0.3) is 0 Å². The monoisotopic (exact) mass is 236 g/mol. The zero-order chi connectivity index (χ0) is 10.4. The van der Waals surface area contributed by atoms with Gasteiger partial charge in [0.05, 0.1) is 0 Å². The summed E-state index contributed by atoms with van der Waals surface area (Å²) in [7, 11) is 0. The maximum Gasteiger partial charge on any atom is 0.248 e. The normalized spacial score (nSPS) is 20.9. The van der Waals surface area contributed by atoms with Crippen molar-refractivity contribution in [1.29, 1.82) is 0 Å². The van der Waals surface area contributed by atoms with Gasteiger partial charge in [-0.25, -0.2) is 0 Å². The SMILES string of the molecule is CCCOCC(=O)N1CCN[C@@H](C)C1.Cl. The number of rotatable bonds is 4. The van der Waals surface area contributed by atoms with Gasteiger partial charge >= 0.3 is 0 Å². The average Bonchev–Trinajstić information content (AvgIpc) is 2.18. The van der Waals surface area contributed by atoms with E-state index in [4.69, 9.17) is 4.74 Å². The summed E-state index contributed by atoms with van der Waals surface area (Å²) in [4.78, 5) is 13.5. The fourth-order valence-electron chi connectivity index (χ4n) is 1.55. The number of ether oxygens (including phenoxy) is 1. The summed E-state index contributed by atoms with van der Waals surface area (Å²) in [5, 5.41) is 3.30. The molecular weight excluding hydrogens is 216 g/mol. The molecular formula is C10H21ClN2O2. The molecule has 1 aliphatic heterocycles. The Morgan fingerprint density at radius 2 is 2.33 bits per heavy atom. The minimum absolute atomic E-state index is 0. The fraction of sp³-hybridized carbons (Fsp3) is 0.900. The van der Waals surface area contributed by atoms with Crippen LogP contribution in [-0.4, -0.2) is 49.7 Å². The predicted molar refractivity (Wildman–Crippen MR) is 62.4 cm³/mol. The van der Waals surface area contributed by atoms with Gasteiger partial charge in [-0.3, -0.25) is 4.79 Å². The van der Waals surface area contributed by atoms with E-state index in [1.807, 2.05) is 11.8 Å². The highest BCUT2D eigenvalue weighted by Gasteiger charge is 2.19. The van der Waals surface area contributed by atoms with Crippen LogP contribution >= 0.6 is 12.4 Å². The summed E-state index contributed by atoms with van der Waals surface area (Å²) in [6.45, 7) is 7.53. The summed E-state index contributed by atoms with van der Waals surface area (Å²) >= 11 is 0. The van der Waals surface area contributed by atoms with Crippen molar-refractivity contribution in [3.8, 4) is 0 Å². The third-order valence-electron chi connectivity index (χ3n) is 2.30. The highest BCUT2D eigenvalue weighted by molar-refractivity contribution is 5.85. The first-order valence-electron chi connectivity index (χ1n) is 5.33. The van der Waals surface area contributed by atoms with E-state index in [-0.39, 0.29) is 24.9 Å². The molecule has 0 aromatic rings. The Hall–Kier alpha value is -0.320. The van der Waals surface area contributed by atoms with Crippen molar-refractivity contribution in [2.45, 2.75) is 26.3 Å². The van der Waals surface area contributed by atoms with E-state index in [9.17, 15) is 4.79 Å². The van der Waals surface area contributed by atoms with Crippen molar-refractivity contribution in [3.05, 3.63) is 0 Å². The largest absolute Gasteiger partial charge is 0.372 e. The molecule has 1 N–H and O–H groups in total. The smallest absolute Gasteiger partial charge is 0.248 e. The lowest BCUT2D eigenvalue weighted by atomic mass is 10.2. The number of piperazine rings is 1. The molecule has 0 saturated carbocycles. The first kappa shape index (κ1) is 14.7. The van der Waals surface area contributed by atoms with E-state index >= 15 is 0 Å². The van der Waals surface area contributed by atoms with Gasteiger partial charge in [-0.2, -0.15) is 0 Å². The van der Waals surface area contributed by atoms with E-state index in [1.54, 1.807) is 0 Å². The van der Waals surface area contributed by atoms with Crippen LogP contribution in [0.4, 0.5) is 0 Å². The van der Waals surface area contributed by atoms with E-state index < -0.39 is 0 Å². The van der Waals surface area contributed by atoms with Crippen LogP contribution < -0.4 is 5.32 Å². The second-order valence-electron chi connectivity index (χ2n) is 3.75. The van der Waals surface area contributed by atoms with Gasteiger partial charge in [-0.05, 0) is 13.3 Å². The quantitative estimate of drug-likeness (QED) is 0.729. The maximum absolute atomic E-state index is 11.6. The van der Waals surface area contributed by atoms with Crippen molar-refractivity contribution in [2.75, 3.05) is 32.8 Å². The zero-order valence-electron chi connectivity index (χ0n) is 9.49. The minimum atomic E-state index is 0. The second kappa shape index (κ2) is 7.91. The Morgan fingerprint density at radius 1 is 1.60 bits per heavy atom. The lowest BCUT2D eigenvalue weighted by Gasteiger charge is -2.31. The lowest BCUT2D eigenvalue weighted by molar-refractivity contribution is -0.137. The van der Waals surface area contributed by atoms with E-state index in [0.717, 1.165) is 26.1 Å². The molecule has 1 saturated heterocycles. The molecule has 1 fully saturated rings. The average molecular weight is 237 g/mol. The fourth-order valence-corrected chi connectivity index (χ4v) is 1.55. The van der Waals surface area contributed by atoms with Gasteiger partial charge in [0.2, 0.25) is 5.91 Å². The number of hydrogen-bond acceptors (Lipinski definition) is 3. The van der Waals surface area contributed by atoms with Crippen molar-refractivity contribution < 1.29 is 9.53 Å². The molecule has 0 unspecified atom stereocenters. The summed E-state index contributed by atoms with van der Waals surface area (Å²) in [5.41, 5.74) is 0. The summed E-state index contributed by atoms with van der Waals surface area (Å²) < 4.78 is 5.22.